The first-order chi connectivity index (χ1) is 12.8. The normalized spacial score (nSPS) is 22.6. The summed E-state index contributed by atoms with van der Waals surface area (Å²) in [6.45, 7) is 13.2. The third-order valence-corrected chi connectivity index (χ3v) is 4.46. The molecule has 1 unspecified atom stereocenters. The van der Waals surface area contributed by atoms with Crippen molar-refractivity contribution in [3.8, 4) is 0 Å². The van der Waals surface area contributed by atoms with E-state index in [9.17, 15) is 14.4 Å². The van der Waals surface area contributed by atoms with Crippen molar-refractivity contribution in [3.63, 3.8) is 0 Å². The quantitative estimate of drug-likeness (QED) is 0.577. The molecule has 0 radical (unpaired) electrons. The lowest BCUT2D eigenvalue weighted by molar-refractivity contribution is -0.166. The van der Waals surface area contributed by atoms with E-state index in [0.717, 1.165) is 0 Å². The van der Waals surface area contributed by atoms with Crippen LogP contribution in [0, 0.1) is 0 Å². The molecule has 0 spiro atoms. The smallest absolute Gasteiger partial charge is 0.411 e. The van der Waals surface area contributed by atoms with E-state index in [4.69, 9.17) is 14.2 Å². The number of carbonyl (C=O) groups excluding carboxylic acids is 3. The average Bonchev–Trinajstić information content (AvgIpc) is 2.96. The van der Waals surface area contributed by atoms with Gasteiger partial charge in [-0.3, -0.25) is 4.90 Å². The first-order valence-electron chi connectivity index (χ1n) is 9.66. The van der Waals surface area contributed by atoms with Crippen LogP contribution in [-0.4, -0.2) is 65.9 Å². The van der Waals surface area contributed by atoms with Crippen LogP contribution in [0.3, 0.4) is 0 Å². The van der Waals surface area contributed by atoms with Crippen molar-refractivity contribution in [2.45, 2.75) is 71.6 Å². The summed E-state index contributed by atoms with van der Waals surface area (Å²) in [4.78, 5) is 40.2. The molecular formula is C20H32N2O6. The Balaban J connectivity index is 2.55. The summed E-state index contributed by atoms with van der Waals surface area (Å²) in [5.41, 5.74) is -1.94. The van der Waals surface area contributed by atoms with Crippen LogP contribution in [0.2, 0.25) is 0 Å². The van der Waals surface area contributed by atoms with Crippen LogP contribution in [0.25, 0.3) is 0 Å². The fraction of sp³-hybridized carbons (Fsp3) is 0.750. The second-order valence-corrected chi connectivity index (χ2v) is 9.03. The van der Waals surface area contributed by atoms with E-state index in [2.05, 4.69) is 5.32 Å². The number of amides is 1. The molecular weight excluding hydrogens is 364 g/mol. The highest BCUT2D eigenvalue weighted by Crippen LogP contribution is 2.39. The number of esters is 2. The van der Waals surface area contributed by atoms with Gasteiger partial charge in [0.1, 0.15) is 11.2 Å². The zero-order chi connectivity index (χ0) is 21.3. The number of hydrogen-bond acceptors (Lipinski definition) is 7. The Hall–Kier alpha value is -2.09. The van der Waals surface area contributed by atoms with Gasteiger partial charge in [-0.05, 0) is 60.5 Å². The molecule has 0 bridgehead atoms. The number of carbonyl (C=O) groups is 3. The summed E-state index contributed by atoms with van der Waals surface area (Å²) in [6.07, 6.45) is -0.318. The Morgan fingerprint density at radius 3 is 2.21 bits per heavy atom. The Bertz CT molecular complexity index is 686. The van der Waals surface area contributed by atoms with E-state index < -0.39 is 34.8 Å². The van der Waals surface area contributed by atoms with Gasteiger partial charge in [0.2, 0.25) is 0 Å². The van der Waals surface area contributed by atoms with Crippen LogP contribution in [0.5, 0.6) is 0 Å². The summed E-state index contributed by atoms with van der Waals surface area (Å²) in [6, 6.07) is 0. The zero-order valence-corrected chi connectivity index (χ0v) is 17.9. The molecule has 1 N–H and O–H groups in total. The van der Waals surface area contributed by atoms with Crippen molar-refractivity contribution >= 4 is 18.0 Å². The lowest BCUT2D eigenvalue weighted by Crippen LogP contribution is -2.63. The van der Waals surface area contributed by atoms with Gasteiger partial charge in [-0.25, -0.2) is 14.4 Å². The van der Waals surface area contributed by atoms with Gasteiger partial charge in [0, 0.05) is 25.2 Å². The Morgan fingerprint density at radius 1 is 1.07 bits per heavy atom. The van der Waals surface area contributed by atoms with E-state index >= 15 is 0 Å². The van der Waals surface area contributed by atoms with Gasteiger partial charge in [-0.1, -0.05) is 0 Å². The van der Waals surface area contributed by atoms with Crippen LogP contribution in [0.1, 0.15) is 54.9 Å². The highest BCUT2D eigenvalue weighted by Gasteiger charge is 2.58. The van der Waals surface area contributed by atoms with Crippen molar-refractivity contribution in [1.82, 2.24) is 10.2 Å². The minimum atomic E-state index is -1.42. The number of ether oxygens (including phenoxy) is 3. The molecule has 1 amide bonds. The Labute approximate surface area is 166 Å². The molecule has 2 aliphatic rings. The lowest BCUT2D eigenvalue weighted by atomic mass is 9.82. The Morgan fingerprint density at radius 2 is 1.68 bits per heavy atom. The summed E-state index contributed by atoms with van der Waals surface area (Å²) in [5.74, 6) is -1.04. The van der Waals surface area contributed by atoms with Crippen LogP contribution < -0.4 is 5.32 Å². The molecule has 1 atom stereocenters. The van der Waals surface area contributed by atoms with Crippen LogP contribution in [-0.2, 0) is 23.8 Å². The number of hydrogen-bond donors (Lipinski definition) is 1. The predicted octanol–water partition coefficient (Wildman–Crippen LogP) is 2.17. The van der Waals surface area contributed by atoms with Gasteiger partial charge in [0.25, 0.3) is 0 Å². The second-order valence-electron chi connectivity index (χ2n) is 9.03. The number of rotatable bonds is 3. The van der Waals surface area contributed by atoms with E-state index in [1.165, 1.54) is 4.90 Å². The molecule has 0 aromatic rings. The molecule has 8 nitrogen and oxygen atoms in total. The van der Waals surface area contributed by atoms with Crippen molar-refractivity contribution in [1.29, 1.82) is 0 Å². The molecule has 0 aliphatic carbocycles. The number of fused-ring (bicyclic) bond motifs is 1. The molecule has 8 heteroatoms. The second kappa shape index (κ2) is 7.73. The van der Waals surface area contributed by atoms with Crippen molar-refractivity contribution in [2.24, 2.45) is 0 Å². The maximum atomic E-state index is 13.3. The van der Waals surface area contributed by atoms with Crippen LogP contribution >= 0.6 is 0 Å². The minimum Gasteiger partial charge on any atom is -0.463 e. The van der Waals surface area contributed by atoms with Gasteiger partial charge in [0.15, 0.2) is 5.54 Å². The molecule has 2 heterocycles. The SMILES string of the molecule is CCOC(=O)C1=C2CNCC2(C(=O)OC(C)(C)C)N(C(=O)OC(C)(C)C)CC1. The third-order valence-electron chi connectivity index (χ3n) is 4.46. The highest BCUT2D eigenvalue weighted by molar-refractivity contribution is 5.98. The molecule has 28 heavy (non-hydrogen) atoms. The average molecular weight is 396 g/mol. The topological polar surface area (TPSA) is 94.2 Å². The lowest BCUT2D eigenvalue weighted by Gasteiger charge is -2.44. The molecule has 0 aromatic heterocycles. The van der Waals surface area contributed by atoms with Crippen LogP contribution in [0.15, 0.2) is 11.1 Å². The predicted molar refractivity (Wildman–Crippen MR) is 103 cm³/mol. The molecule has 2 rings (SSSR count). The maximum Gasteiger partial charge on any atom is 0.411 e. The summed E-state index contributed by atoms with van der Waals surface area (Å²) < 4.78 is 16.4. The molecule has 1 fully saturated rings. The number of nitrogens with one attached hydrogen (secondary N) is 1. The van der Waals surface area contributed by atoms with Gasteiger partial charge in [0.05, 0.1) is 6.61 Å². The van der Waals surface area contributed by atoms with Crippen LogP contribution in [0.4, 0.5) is 4.79 Å². The number of nitrogens with zero attached hydrogens (tertiary/aromatic N) is 1. The summed E-state index contributed by atoms with van der Waals surface area (Å²) in [5, 5.41) is 3.13. The summed E-state index contributed by atoms with van der Waals surface area (Å²) in [7, 11) is 0. The van der Waals surface area contributed by atoms with Gasteiger partial charge in [-0.15, -0.1) is 0 Å². The monoisotopic (exact) mass is 396 g/mol. The van der Waals surface area contributed by atoms with E-state index in [-0.39, 0.29) is 19.7 Å². The first-order valence-corrected chi connectivity index (χ1v) is 9.66. The Kier molecular flexibility index (Phi) is 6.13. The van der Waals surface area contributed by atoms with E-state index in [1.807, 2.05) is 0 Å². The van der Waals surface area contributed by atoms with Crippen molar-refractivity contribution in [2.75, 3.05) is 26.2 Å². The molecule has 158 valence electrons. The molecule has 0 saturated carbocycles. The van der Waals surface area contributed by atoms with E-state index in [1.54, 1.807) is 48.5 Å². The van der Waals surface area contributed by atoms with Crippen molar-refractivity contribution in [3.05, 3.63) is 11.1 Å². The highest BCUT2D eigenvalue weighted by atomic mass is 16.6. The third kappa shape index (κ3) is 4.48. The largest absolute Gasteiger partial charge is 0.463 e. The molecule has 0 aromatic carbocycles. The standard InChI is InChI=1S/C20H32N2O6/c1-8-26-15(23)13-9-10-22(17(25)28-19(5,6)7)20(12-21-11-14(13)20)16(24)27-18(2,3)4/h21H,8-12H2,1-7H3. The zero-order valence-electron chi connectivity index (χ0n) is 17.9. The molecule has 1 saturated heterocycles. The van der Waals surface area contributed by atoms with Crippen molar-refractivity contribution < 1.29 is 28.6 Å². The van der Waals surface area contributed by atoms with Gasteiger partial charge in [-0.2, -0.15) is 0 Å². The van der Waals surface area contributed by atoms with Gasteiger partial charge >= 0.3 is 18.0 Å². The molecule has 2 aliphatic heterocycles. The van der Waals surface area contributed by atoms with Gasteiger partial charge < -0.3 is 19.5 Å². The fourth-order valence-electron chi connectivity index (χ4n) is 3.48. The van der Waals surface area contributed by atoms with E-state index in [0.29, 0.717) is 24.1 Å². The maximum absolute atomic E-state index is 13.3. The minimum absolute atomic E-state index is 0.152. The fourth-order valence-corrected chi connectivity index (χ4v) is 3.48. The first kappa shape index (κ1) is 22.2. The summed E-state index contributed by atoms with van der Waals surface area (Å²) >= 11 is 0.